The number of ether oxygens (including phenoxy) is 2. The lowest BCUT2D eigenvalue weighted by atomic mass is 10.0. The molecule has 3 aromatic rings. The van der Waals surface area contributed by atoms with E-state index in [1.54, 1.807) is 19.2 Å². The van der Waals surface area contributed by atoms with Gasteiger partial charge in [0.1, 0.15) is 11.9 Å². The molecule has 31 heavy (non-hydrogen) atoms. The van der Waals surface area contributed by atoms with E-state index in [0.717, 1.165) is 23.9 Å². The lowest BCUT2D eigenvalue weighted by Crippen LogP contribution is -2.27. The molecule has 2 aromatic carbocycles. The monoisotopic (exact) mass is 433 g/mol. The molecule has 1 fully saturated rings. The Morgan fingerprint density at radius 3 is 2.81 bits per heavy atom. The van der Waals surface area contributed by atoms with E-state index in [4.69, 9.17) is 15.2 Å². The second kappa shape index (κ2) is 8.14. The number of nitrogens with two attached hydrogens (primary N) is 1. The van der Waals surface area contributed by atoms with Gasteiger partial charge in [0.2, 0.25) is 0 Å². The van der Waals surface area contributed by atoms with Crippen LogP contribution in [-0.4, -0.2) is 30.2 Å². The van der Waals surface area contributed by atoms with Gasteiger partial charge in [0.25, 0.3) is 5.91 Å². The van der Waals surface area contributed by atoms with Gasteiger partial charge >= 0.3 is 6.18 Å². The molecular weight excluding hydrogens is 411 g/mol. The van der Waals surface area contributed by atoms with Crippen molar-refractivity contribution in [2.45, 2.75) is 31.7 Å². The van der Waals surface area contributed by atoms with Crippen molar-refractivity contribution in [3.8, 4) is 5.75 Å². The molecule has 1 aliphatic rings. The summed E-state index contributed by atoms with van der Waals surface area (Å²) in [6.07, 6.45) is -2.14. The molecule has 2 heterocycles. The SMILES string of the molecule is C[C@@H](NC(=O)c1cc(O[C@H]2CCOC2)cc2cc[nH]c12)c1cc(N)cc(C(F)(F)F)c1. The second-order valence-corrected chi connectivity index (χ2v) is 7.60. The molecule has 1 aliphatic heterocycles. The maximum absolute atomic E-state index is 13.1. The number of nitrogens with one attached hydrogen (secondary N) is 2. The van der Waals surface area contributed by atoms with Crippen LogP contribution in [0.25, 0.3) is 10.9 Å². The highest BCUT2D eigenvalue weighted by atomic mass is 19.4. The number of carbonyl (C=O) groups is 1. The normalized spacial score (nSPS) is 17.6. The number of hydrogen-bond acceptors (Lipinski definition) is 4. The summed E-state index contributed by atoms with van der Waals surface area (Å²) < 4.78 is 50.6. The van der Waals surface area contributed by atoms with Crippen LogP contribution in [0.3, 0.4) is 0 Å². The fraction of sp³-hybridized carbons (Fsp3) is 0.318. The molecule has 1 aromatic heterocycles. The van der Waals surface area contributed by atoms with Crippen LogP contribution in [0.2, 0.25) is 0 Å². The number of nitrogen functional groups attached to an aromatic ring is 1. The quantitative estimate of drug-likeness (QED) is 0.520. The summed E-state index contributed by atoms with van der Waals surface area (Å²) >= 11 is 0. The van der Waals surface area contributed by atoms with Gasteiger partial charge < -0.3 is 25.5 Å². The van der Waals surface area contributed by atoms with E-state index in [1.807, 2.05) is 12.1 Å². The molecule has 9 heteroatoms. The van der Waals surface area contributed by atoms with Gasteiger partial charge in [0.05, 0.1) is 35.9 Å². The van der Waals surface area contributed by atoms with E-state index >= 15 is 0 Å². The number of fused-ring (bicyclic) bond motifs is 1. The fourth-order valence-corrected chi connectivity index (χ4v) is 3.64. The maximum atomic E-state index is 13.1. The number of aromatic nitrogens is 1. The topological polar surface area (TPSA) is 89.4 Å². The molecule has 4 rings (SSSR count). The molecule has 4 N–H and O–H groups in total. The van der Waals surface area contributed by atoms with Gasteiger partial charge in [-0.1, -0.05) is 0 Å². The highest BCUT2D eigenvalue weighted by molar-refractivity contribution is 6.06. The van der Waals surface area contributed by atoms with Crippen LogP contribution < -0.4 is 15.8 Å². The lowest BCUT2D eigenvalue weighted by molar-refractivity contribution is -0.137. The third-order valence-electron chi connectivity index (χ3n) is 5.22. The van der Waals surface area contributed by atoms with Crippen molar-refractivity contribution in [2.24, 2.45) is 0 Å². The van der Waals surface area contributed by atoms with Crippen LogP contribution in [0.15, 0.2) is 42.6 Å². The van der Waals surface area contributed by atoms with Crippen molar-refractivity contribution in [1.29, 1.82) is 0 Å². The molecule has 1 amide bonds. The van der Waals surface area contributed by atoms with E-state index in [9.17, 15) is 18.0 Å². The summed E-state index contributed by atoms with van der Waals surface area (Å²) in [6.45, 7) is 2.72. The summed E-state index contributed by atoms with van der Waals surface area (Å²) in [5.74, 6) is 0.0905. The van der Waals surface area contributed by atoms with Crippen LogP contribution in [0.4, 0.5) is 18.9 Å². The Morgan fingerprint density at radius 2 is 2.10 bits per heavy atom. The van der Waals surface area contributed by atoms with Gasteiger partial charge in [0, 0.05) is 23.7 Å². The van der Waals surface area contributed by atoms with Crippen LogP contribution in [0.5, 0.6) is 5.75 Å². The van der Waals surface area contributed by atoms with Gasteiger partial charge in [0.15, 0.2) is 0 Å². The van der Waals surface area contributed by atoms with E-state index in [1.165, 1.54) is 6.07 Å². The molecule has 1 saturated heterocycles. The number of rotatable bonds is 5. The average Bonchev–Trinajstić information content (AvgIpc) is 3.38. The van der Waals surface area contributed by atoms with Crippen molar-refractivity contribution in [1.82, 2.24) is 10.3 Å². The molecule has 6 nitrogen and oxygen atoms in total. The molecule has 0 bridgehead atoms. The smallest absolute Gasteiger partial charge is 0.416 e. The summed E-state index contributed by atoms with van der Waals surface area (Å²) in [5, 5.41) is 3.55. The van der Waals surface area contributed by atoms with Gasteiger partial charge in [-0.3, -0.25) is 4.79 Å². The number of amides is 1. The number of carbonyl (C=O) groups excluding carboxylic acids is 1. The molecule has 0 saturated carbocycles. The number of anilines is 1. The maximum Gasteiger partial charge on any atom is 0.416 e. The van der Waals surface area contributed by atoms with Crippen LogP contribution >= 0.6 is 0 Å². The van der Waals surface area contributed by atoms with E-state index < -0.39 is 23.7 Å². The summed E-state index contributed by atoms with van der Waals surface area (Å²) in [7, 11) is 0. The van der Waals surface area contributed by atoms with E-state index in [-0.39, 0.29) is 17.4 Å². The van der Waals surface area contributed by atoms with Crippen molar-refractivity contribution < 1.29 is 27.4 Å². The highest BCUT2D eigenvalue weighted by Crippen LogP contribution is 2.33. The summed E-state index contributed by atoms with van der Waals surface area (Å²) in [6, 6.07) is 7.86. The Hall–Kier alpha value is -3.20. The number of benzene rings is 2. The minimum absolute atomic E-state index is 0.0214. The zero-order chi connectivity index (χ0) is 22.2. The summed E-state index contributed by atoms with van der Waals surface area (Å²) in [5.41, 5.74) is 5.98. The Bertz CT molecular complexity index is 1100. The molecule has 0 radical (unpaired) electrons. The Balaban J connectivity index is 1.59. The van der Waals surface area contributed by atoms with Crippen molar-refractivity contribution in [3.63, 3.8) is 0 Å². The molecular formula is C22H22F3N3O3. The van der Waals surface area contributed by atoms with Crippen LogP contribution in [-0.2, 0) is 10.9 Å². The lowest BCUT2D eigenvalue weighted by Gasteiger charge is -2.18. The van der Waals surface area contributed by atoms with Gasteiger partial charge in [-0.05, 0) is 48.9 Å². The van der Waals surface area contributed by atoms with Gasteiger partial charge in [-0.2, -0.15) is 13.2 Å². The predicted molar refractivity (Wildman–Crippen MR) is 110 cm³/mol. The average molecular weight is 433 g/mol. The number of hydrogen-bond donors (Lipinski definition) is 3. The largest absolute Gasteiger partial charge is 0.488 e. The second-order valence-electron chi connectivity index (χ2n) is 7.60. The first kappa shape index (κ1) is 21.0. The third-order valence-corrected chi connectivity index (χ3v) is 5.22. The third kappa shape index (κ3) is 4.61. The van der Waals surface area contributed by atoms with Gasteiger partial charge in [-0.15, -0.1) is 0 Å². The molecule has 0 unspecified atom stereocenters. The number of halogens is 3. The molecule has 0 spiro atoms. The van der Waals surface area contributed by atoms with Crippen molar-refractivity contribution >= 4 is 22.5 Å². The van der Waals surface area contributed by atoms with Crippen LogP contribution in [0, 0.1) is 0 Å². The predicted octanol–water partition coefficient (Wildman–Crippen LogP) is 4.43. The Kier molecular flexibility index (Phi) is 5.53. The van der Waals surface area contributed by atoms with Crippen LogP contribution in [0.1, 0.15) is 40.9 Å². The van der Waals surface area contributed by atoms with Crippen molar-refractivity contribution in [3.05, 3.63) is 59.3 Å². The number of alkyl halides is 3. The minimum atomic E-state index is -4.53. The molecule has 0 aliphatic carbocycles. The first-order valence-corrected chi connectivity index (χ1v) is 9.85. The van der Waals surface area contributed by atoms with E-state index in [2.05, 4.69) is 10.3 Å². The molecule has 2 atom stereocenters. The minimum Gasteiger partial charge on any atom is -0.488 e. The Labute approximate surface area is 176 Å². The standard InChI is InChI=1S/C22H22F3N3O3/c1-12(14-6-15(22(23,24)25)9-16(26)7-14)28-21(29)19-10-18(31-17-3-5-30-11-17)8-13-2-4-27-20(13)19/h2,4,6-10,12,17,27H,3,5,11,26H2,1H3,(H,28,29)/t12-,17+/m1/s1. The Morgan fingerprint density at radius 1 is 1.29 bits per heavy atom. The zero-order valence-corrected chi connectivity index (χ0v) is 16.8. The number of H-pyrrole nitrogens is 1. The fourth-order valence-electron chi connectivity index (χ4n) is 3.64. The van der Waals surface area contributed by atoms with Crippen molar-refractivity contribution in [2.75, 3.05) is 18.9 Å². The first-order valence-electron chi connectivity index (χ1n) is 9.85. The highest BCUT2D eigenvalue weighted by Gasteiger charge is 2.31. The van der Waals surface area contributed by atoms with Gasteiger partial charge in [-0.25, -0.2) is 0 Å². The zero-order valence-electron chi connectivity index (χ0n) is 16.8. The summed E-state index contributed by atoms with van der Waals surface area (Å²) in [4.78, 5) is 16.1. The first-order chi connectivity index (χ1) is 14.7. The molecule has 164 valence electrons. The van der Waals surface area contributed by atoms with E-state index in [0.29, 0.717) is 30.0 Å². The number of aromatic amines is 1.